The molecule has 160 valence electrons. The molecule has 0 aliphatic carbocycles. The molecule has 1 aliphatic heterocycles. The second kappa shape index (κ2) is 8.00. The van der Waals surface area contributed by atoms with Crippen LogP contribution in [0.15, 0.2) is 35.4 Å². The minimum atomic E-state index is -4.43. The van der Waals surface area contributed by atoms with Gasteiger partial charge in [0.05, 0.1) is 17.5 Å². The maximum absolute atomic E-state index is 12.8. The van der Waals surface area contributed by atoms with Gasteiger partial charge in [-0.05, 0) is 18.6 Å². The summed E-state index contributed by atoms with van der Waals surface area (Å²) in [6, 6.07) is 4.99. The molecule has 0 unspecified atom stereocenters. The van der Waals surface area contributed by atoms with E-state index in [0.717, 1.165) is 18.3 Å². The first-order chi connectivity index (χ1) is 13.5. The van der Waals surface area contributed by atoms with Crippen molar-refractivity contribution in [2.75, 3.05) is 26.2 Å². The molecule has 1 aromatic carbocycles. The van der Waals surface area contributed by atoms with Crippen LogP contribution in [0.25, 0.3) is 0 Å². The van der Waals surface area contributed by atoms with Gasteiger partial charge in [-0.2, -0.15) is 31.4 Å². The summed E-state index contributed by atoms with van der Waals surface area (Å²) in [5.41, 5.74) is -0.274. The van der Waals surface area contributed by atoms with Gasteiger partial charge in [-0.15, -0.1) is 0 Å². The largest absolute Gasteiger partial charge is 0.416 e. The molecule has 29 heavy (non-hydrogen) atoms. The van der Waals surface area contributed by atoms with Crippen molar-refractivity contribution in [2.45, 2.75) is 31.1 Å². The molecule has 1 saturated heterocycles. The van der Waals surface area contributed by atoms with Crippen molar-refractivity contribution < 1.29 is 30.4 Å². The molecular formula is C17H19F5N4O2S. The fraction of sp³-hybridized carbons (Fsp3) is 0.471. The predicted octanol–water partition coefficient (Wildman–Crippen LogP) is 3.11. The smallest absolute Gasteiger partial charge is 0.296 e. The van der Waals surface area contributed by atoms with Gasteiger partial charge in [0.1, 0.15) is 4.90 Å². The molecule has 6 nitrogen and oxygen atoms in total. The zero-order valence-corrected chi connectivity index (χ0v) is 16.2. The molecule has 0 bridgehead atoms. The van der Waals surface area contributed by atoms with Crippen molar-refractivity contribution in [3.05, 3.63) is 47.3 Å². The lowest BCUT2D eigenvalue weighted by molar-refractivity contribution is -0.137. The first kappa shape index (κ1) is 21.7. The normalized spacial score (nSPS) is 17.2. The average Bonchev–Trinajstić information content (AvgIpc) is 3.05. The molecule has 0 atom stereocenters. The van der Waals surface area contributed by atoms with Gasteiger partial charge < -0.3 is 0 Å². The molecule has 0 radical (unpaired) electrons. The van der Waals surface area contributed by atoms with E-state index in [1.807, 2.05) is 4.90 Å². The number of piperazine rings is 1. The Morgan fingerprint density at radius 3 is 2.34 bits per heavy atom. The summed E-state index contributed by atoms with van der Waals surface area (Å²) in [7, 11) is -3.99. The highest BCUT2D eigenvalue weighted by Gasteiger charge is 2.33. The van der Waals surface area contributed by atoms with Crippen LogP contribution in [0, 0.1) is 6.92 Å². The highest BCUT2D eigenvalue weighted by Crippen LogP contribution is 2.30. The van der Waals surface area contributed by atoms with E-state index >= 15 is 0 Å². The van der Waals surface area contributed by atoms with E-state index in [4.69, 9.17) is 0 Å². The number of halogens is 5. The van der Waals surface area contributed by atoms with Crippen LogP contribution < -0.4 is 0 Å². The average molecular weight is 438 g/mol. The zero-order chi connectivity index (χ0) is 21.4. The number of nitrogens with zero attached hydrogens (tertiary/aromatic N) is 4. The molecule has 1 aliphatic rings. The summed E-state index contributed by atoms with van der Waals surface area (Å²) in [5, 5.41) is 3.53. The van der Waals surface area contributed by atoms with Gasteiger partial charge in [-0.25, -0.2) is 13.1 Å². The fourth-order valence-corrected chi connectivity index (χ4v) is 4.77. The van der Waals surface area contributed by atoms with E-state index in [0.29, 0.717) is 23.3 Å². The molecule has 1 fully saturated rings. The standard InChI is InChI=1S/C17H19F5N4O2S/c1-12-15(11-26(23-12)16(18)19)29(27,28)25-7-5-24(6-8-25)10-13-3-2-4-14(9-13)17(20,21)22/h2-4,9,11,16H,5-8,10H2,1H3. The van der Waals surface area contributed by atoms with Crippen LogP contribution >= 0.6 is 0 Å². The molecule has 12 heteroatoms. The van der Waals surface area contributed by atoms with E-state index in [1.54, 1.807) is 6.07 Å². The second-order valence-corrected chi connectivity index (χ2v) is 8.62. The first-order valence-corrected chi connectivity index (χ1v) is 10.1. The summed E-state index contributed by atoms with van der Waals surface area (Å²) < 4.78 is 91.0. The lowest BCUT2D eigenvalue weighted by atomic mass is 10.1. The summed E-state index contributed by atoms with van der Waals surface area (Å²) in [6.45, 7) is -0.548. The number of hydrogen-bond acceptors (Lipinski definition) is 4. The molecule has 0 spiro atoms. The SMILES string of the molecule is Cc1nn(C(F)F)cc1S(=O)(=O)N1CCN(Cc2cccc(C(F)(F)F)c2)CC1. The third-order valence-corrected chi connectivity index (χ3v) is 6.68. The van der Waals surface area contributed by atoms with Crippen LogP contribution in [0.3, 0.4) is 0 Å². The molecule has 2 aromatic rings. The molecule has 3 rings (SSSR count). The van der Waals surface area contributed by atoms with E-state index in [1.165, 1.54) is 17.3 Å². The Labute approximate surface area is 164 Å². The third-order valence-electron chi connectivity index (χ3n) is 4.68. The van der Waals surface area contributed by atoms with Gasteiger partial charge >= 0.3 is 12.7 Å². The number of rotatable bonds is 5. The summed E-state index contributed by atoms with van der Waals surface area (Å²) in [4.78, 5) is 1.57. The Balaban J connectivity index is 1.66. The van der Waals surface area contributed by atoms with Crippen LogP contribution in [-0.2, 0) is 22.7 Å². The number of hydrogen-bond donors (Lipinski definition) is 0. The molecular weight excluding hydrogens is 419 g/mol. The Kier molecular flexibility index (Phi) is 5.97. The Morgan fingerprint density at radius 2 is 1.79 bits per heavy atom. The maximum atomic E-state index is 12.8. The fourth-order valence-electron chi connectivity index (χ4n) is 3.19. The van der Waals surface area contributed by atoms with Gasteiger partial charge in [0.25, 0.3) is 0 Å². The number of benzene rings is 1. The zero-order valence-electron chi connectivity index (χ0n) is 15.4. The van der Waals surface area contributed by atoms with Crippen LogP contribution in [0.1, 0.15) is 23.4 Å². The van der Waals surface area contributed by atoms with Crippen LogP contribution in [0.2, 0.25) is 0 Å². The summed E-state index contributed by atoms with van der Waals surface area (Å²) >= 11 is 0. The molecule has 2 heterocycles. The van der Waals surface area contributed by atoms with Crippen molar-refractivity contribution in [3.63, 3.8) is 0 Å². The molecule has 0 saturated carbocycles. The van der Waals surface area contributed by atoms with Crippen LogP contribution in [-0.4, -0.2) is 53.6 Å². The lowest BCUT2D eigenvalue weighted by Crippen LogP contribution is -2.48. The summed E-state index contributed by atoms with van der Waals surface area (Å²) in [6.07, 6.45) is -3.62. The maximum Gasteiger partial charge on any atom is 0.416 e. The quantitative estimate of drug-likeness (QED) is 0.674. The Bertz CT molecular complexity index is 966. The van der Waals surface area contributed by atoms with Gasteiger partial charge in [0.2, 0.25) is 10.0 Å². The van der Waals surface area contributed by atoms with E-state index < -0.39 is 28.3 Å². The van der Waals surface area contributed by atoms with Crippen molar-refractivity contribution in [1.29, 1.82) is 0 Å². The van der Waals surface area contributed by atoms with Gasteiger partial charge in [-0.1, -0.05) is 18.2 Å². The number of aryl methyl sites for hydroxylation is 1. The minimum absolute atomic E-state index is 0.0169. The first-order valence-electron chi connectivity index (χ1n) is 8.71. The second-order valence-electron chi connectivity index (χ2n) is 6.71. The van der Waals surface area contributed by atoms with Gasteiger partial charge in [0.15, 0.2) is 0 Å². The van der Waals surface area contributed by atoms with Crippen LogP contribution in [0.5, 0.6) is 0 Å². The van der Waals surface area contributed by atoms with Gasteiger partial charge in [0, 0.05) is 32.7 Å². The Morgan fingerprint density at radius 1 is 1.14 bits per heavy atom. The van der Waals surface area contributed by atoms with Crippen molar-refractivity contribution in [1.82, 2.24) is 19.0 Å². The van der Waals surface area contributed by atoms with E-state index in [-0.39, 0.29) is 30.2 Å². The van der Waals surface area contributed by atoms with Gasteiger partial charge in [-0.3, -0.25) is 4.90 Å². The number of alkyl halides is 5. The monoisotopic (exact) mass is 438 g/mol. The number of aromatic nitrogens is 2. The van der Waals surface area contributed by atoms with Crippen molar-refractivity contribution >= 4 is 10.0 Å². The molecule has 0 N–H and O–H groups in total. The number of sulfonamides is 1. The predicted molar refractivity (Wildman–Crippen MR) is 93.7 cm³/mol. The Hall–Kier alpha value is -2.05. The molecule has 1 aromatic heterocycles. The van der Waals surface area contributed by atoms with Crippen molar-refractivity contribution in [2.24, 2.45) is 0 Å². The highest BCUT2D eigenvalue weighted by molar-refractivity contribution is 7.89. The van der Waals surface area contributed by atoms with E-state index in [9.17, 15) is 30.4 Å². The summed E-state index contributed by atoms with van der Waals surface area (Å²) in [5.74, 6) is 0. The minimum Gasteiger partial charge on any atom is -0.296 e. The lowest BCUT2D eigenvalue weighted by Gasteiger charge is -2.33. The van der Waals surface area contributed by atoms with Crippen molar-refractivity contribution in [3.8, 4) is 0 Å². The van der Waals surface area contributed by atoms with E-state index in [2.05, 4.69) is 5.10 Å². The van der Waals surface area contributed by atoms with Crippen LogP contribution in [0.4, 0.5) is 22.0 Å². The highest BCUT2D eigenvalue weighted by atomic mass is 32.2. The molecule has 0 amide bonds. The topological polar surface area (TPSA) is 58.4 Å². The third kappa shape index (κ3) is 4.75.